The zero-order valence-corrected chi connectivity index (χ0v) is 15.2. The van der Waals surface area contributed by atoms with E-state index in [9.17, 15) is 5.11 Å². The highest BCUT2D eigenvalue weighted by molar-refractivity contribution is 7.99. The van der Waals surface area contributed by atoms with E-state index in [-0.39, 0.29) is 11.0 Å². The average molecular weight is 361 g/mol. The van der Waals surface area contributed by atoms with Gasteiger partial charge in [-0.25, -0.2) is 0 Å². The number of hydrogen-bond acceptors (Lipinski definition) is 4. The minimum Gasteiger partial charge on any atom is -0.507 e. The second-order valence-corrected chi connectivity index (χ2v) is 7.37. The molecule has 1 aliphatic heterocycles. The average Bonchev–Trinajstić information content (AvgIpc) is 2.88. The maximum atomic E-state index is 10.3. The molecular weight excluding hydrogens is 342 g/mol. The predicted octanol–water partition coefficient (Wildman–Crippen LogP) is 5.76. The molecule has 1 heterocycles. The lowest BCUT2D eigenvalue weighted by Gasteiger charge is -2.17. The van der Waals surface area contributed by atoms with Crippen LogP contribution in [0.2, 0.25) is 0 Å². The van der Waals surface area contributed by atoms with Crippen LogP contribution in [-0.2, 0) is 0 Å². The highest BCUT2D eigenvalue weighted by Gasteiger charge is 2.23. The molecule has 0 unspecified atom stereocenters. The van der Waals surface area contributed by atoms with Crippen molar-refractivity contribution in [1.82, 2.24) is 0 Å². The first-order valence-corrected chi connectivity index (χ1v) is 9.38. The van der Waals surface area contributed by atoms with Gasteiger partial charge in [-0.05, 0) is 42.0 Å². The molecule has 3 nitrogen and oxygen atoms in total. The Kier molecular flexibility index (Phi) is 4.67. The lowest BCUT2D eigenvalue weighted by molar-refractivity contribution is 0.414. The van der Waals surface area contributed by atoms with E-state index in [0.29, 0.717) is 0 Å². The van der Waals surface area contributed by atoms with Crippen LogP contribution < -0.4 is 4.74 Å². The molecule has 0 radical (unpaired) electrons. The Morgan fingerprint density at radius 3 is 2.46 bits per heavy atom. The Morgan fingerprint density at radius 1 is 0.962 bits per heavy atom. The zero-order chi connectivity index (χ0) is 17.9. The Balaban J connectivity index is 1.78. The molecule has 0 fully saturated rings. The largest absolute Gasteiger partial charge is 0.507 e. The van der Waals surface area contributed by atoms with E-state index in [0.717, 1.165) is 34.0 Å². The molecule has 0 aliphatic carbocycles. The summed E-state index contributed by atoms with van der Waals surface area (Å²) in [4.78, 5) is 6.04. The SMILES string of the molecule is COc1ccc([C@@H]2CC(c3ccccc3O)=Nc3ccccc3S2)cc1. The topological polar surface area (TPSA) is 41.8 Å². The van der Waals surface area contributed by atoms with Crippen LogP contribution in [0.15, 0.2) is 82.7 Å². The number of fused-ring (bicyclic) bond motifs is 1. The maximum Gasteiger partial charge on any atom is 0.124 e. The smallest absolute Gasteiger partial charge is 0.124 e. The van der Waals surface area contributed by atoms with Crippen LogP contribution in [0.25, 0.3) is 0 Å². The van der Waals surface area contributed by atoms with Crippen molar-refractivity contribution >= 4 is 23.2 Å². The molecule has 1 atom stereocenters. The van der Waals surface area contributed by atoms with Crippen molar-refractivity contribution in [2.75, 3.05) is 7.11 Å². The lowest BCUT2D eigenvalue weighted by Crippen LogP contribution is -2.05. The van der Waals surface area contributed by atoms with Gasteiger partial charge in [-0.2, -0.15) is 0 Å². The fourth-order valence-corrected chi connectivity index (χ4v) is 4.34. The molecule has 3 aromatic carbocycles. The van der Waals surface area contributed by atoms with Crippen molar-refractivity contribution < 1.29 is 9.84 Å². The lowest BCUT2D eigenvalue weighted by atomic mass is 10.0. The van der Waals surface area contributed by atoms with Crippen molar-refractivity contribution in [2.24, 2.45) is 4.99 Å². The first kappa shape index (κ1) is 16.7. The molecule has 0 bridgehead atoms. The van der Waals surface area contributed by atoms with Gasteiger partial charge < -0.3 is 9.84 Å². The Labute approximate surface area is 157 Å². The van der Waals surface area contributed by atoms with Crippen LogP contribution in [-0.4, -0.2) is 17.9 Å². The number of aliphatic imine (C=N–C) groups is 1. The van der Waals surface area contributed by atoms with Crippen LogP contribution in [0.3, 0.4) is 0 Å². The molecule has 0 saturated heterocycles. The molecular formula is C22H19NO2S. The van der Waals surface area contributed by atoms with Crippen molar-refractivity contribution in [3.63, 3.8) is 0 Å². The molecule has 1 aliphatic rings. The summed E-state index contributed by atoms with van der Waals surface area (Å²) in [5.74, 6) is 1.12. The van der Waals surface area contributed by atoms with Crippen molar-refractivity contribution in [3.8, 4) is 11.5 Å². The number of hydrogen-bond donors (Lipinski definition) is 1. The summed E-state index contributed by atoms with van der Waals surface area (Å²) in [5.41, 5.74) is 3.87. The van der Waals surface area contributed by atoms with Gasteiger partial charge in [-0.3, -0.25) is 4.99 Å². The van der Waals surface area contributed by atoms with Crippen LogP contribution in [0.1, 0.15) is 22.8 Å². The van der Waals surface area contributed by atoms with E-state index < -0.39 is 0 Å². The van der Waals surface area contributed by atoms with Crippen molar-refractivity contribution in [3.05, 3.63) is 83.9 Å². The Bertz CT molecular complexity index is 950. The first-order valence-electron chi connectivity index (χ1n) is 8.50. The number of ether oxygens (including phenoxy) is 1. The van der Waals surface area contributed by atoms with Crippen molar-refractivity contribution in [1.29, 1.82) is 0 Å². The summed E-state index contributed by atoms with van der Waals surface area (Å²) in [5, 5.41) is 10.5. The summed E-state index contributed by atoms with van der Waals surface area (Å²) in [6, 6.07) is 23.8. The van der Waals surface area contributed by atoms with E-state index in [2.05, 4.69) is 18.2 Å². The van der Waals surface area contributed by atoms with E-state index >= 15 is 0 Å². The fourth-order valence-electron chi connectivity index (χ4n) is 3.10. The van der Waals surface area contributed by atoms with Gasteiger partial charge in [0, 0.05) is 22.1 Å². The van der Waals surface area contributed by atoms with Gasteiger partial charge in [-0.15, -0.1) is 11.8 Å². The van der Waals surface area contributed by atoms with Gasteiger partial charge in [-0.1, -0.05) is 36.4 Å². The van der Waals surface area contributed by atoms with E-state index in [4.69, 9.17) is 9.73 Å². The Hall–Kier alpha value is -2.72. The van der Waals surface area contributed by atoms with Crippen LogP contribution in [0.4, 0.5) is 5.69 Å². The van der Waals surface area contributed by atoms with E-state index in [1.807, 2.05) is 60.3 Å². The van der Waals surface area contributed by atoms with Gasteiger partial charge in [0.15, 0.2) is 0 Å². The molecule has 4 heteroatoms. The number of thioether (sulfide) groups is 1. The minimum absolute atomic E-state index is 0.211. The predicted molar refractivity (Wildman–Crippen MR) is 107 cm³/mol. The number of rotatable bonds is 3. The molecule has 130 valence electrons. The second-order valence-electron chi connectivity index (χ2n) is 6.13. The first-order chi connectivity index (χ1) is 12.7. The van der Waals surface area contributed by atoms with Gasteiger partial charge >= 0.3 is 0 Å². The normalized spacial score (nSPS) is 16.3. The minimum atomic E-state index is 0.211. The zero-order valence-electron chi connectivity index (χ0n) is 14.4. The standard InChI is InChI=1S/C22H19NO2S/c1-25-16-12-10-15(11-13-16)22-14-19(17-6-2-4-8-20(17)24)23-18-7-3-5-9-21(18)26-22/h2-13,22,24H,14H2,1H3/t22-/m0/s1. The third-order valence-corrected chi connectivity index (χ3v) is 5.79. The Morgan fingerprint density at radius 2 is 1.69 bits per heavy atom. The van der Waals surface area contributed by atoms with Gasteiger partial charge in [0.2, 0.25) is 0 Å². The van der Waals surface area contributed by atoms with Crippen LogP contribution in [0.5, 0.6) is 11.5 Å². The fraction of sp³-hybridized carbons (Fsp3) is 0.136. The van der Waals surface area contributed by atoms with Gasteiger partial charge in [0.1, 0.15) is 11.5 Å². The molecule has 4 rings (SSSR count). The summed E-state index contributed by atoms with van der Waals surface area (Å²) in [7, 11) is 1.68. The highest BCUT2D eigenvalue weighted by Crippen LogP contribution is 2.46. The summed E-state index contributed by atoms with van der Waals surface area (Å²) in [6.07, 6.45) is 0.739. The van der Waals surface area contributed by atoms with Crippen LogP contribution in [0, 0.1) is 0 Å². The number of phenolic OH excluding ortho intramolecular Hbond substituents is 1. The maximum absolute atomic E-state index is 10.3. The summed E-state index contributed by atoms with van der Waals surface area (Å²) < 4.78 is 5.28. The third-order valence-electron chi connectivity index (χ3n) is 4.47. The molecule has 26 heavy (non-hydrogen) atoms. The van der Waals surface area contributed by atoms with Crippen LogP contribution >= 0.6 is 11.8 Å². The molecule has 1 N–H and O–H groups in total. The molecule has 0 spiro atoms. The van der Waals surface area contributed by atoms with E-state index in [1.54, 1.807) is 13.2 Å². The monoisotopic (exact) mass is 361 g/mol. The van der Waals surface area contributed by atoms with Crippen molar-refractivity contribution in [2.45, 2.75) is 16.6 Å². The number of aromatic hydroxyl groups is 1. The number of methoxy groups -OCH3 is 1. The quantitative estimate of drug-likeness (QED) is 0.645. The summed E-state index contributed by atoms with van der Waals surface area (Å²) >= 11 is 1.81. The number of para-hydroxylation sites is 2. The highest BCUT2D eigenvalue weighted by atomic mass is 32.2. The second kappa shape index (κ2) is 7.26. The third kappa shape index (κ3) is 3.33. The molecule has 0 amide bonds. The van der Waals surface area contributed by atoms with E-state index in [1.165, 1.54) is 5.56 Å². The molecule has 3 aromatic rings. The van der Waals surface area contributed by atoms with Gasteiger partial charge in [0.25, 0.3) is 0 Å². The summed E-state index contributed by atoms with van der Waals surface area (Å²) in [6.45, 7) is 0. The molecule has 0 saturated carbocycles. The molecule has 0 aromatic heterocycles. The number of phenols is 1. The van der Waals surface area contributed by atoms with Gasteiger partial charge in [0.05, 0.1) is 18.5 Å². The number of benzene rings is 3. The number of nitrogens with zero attached hydrogens (tertiary/aromatic N) is 1.